The van der Waals surface area contributed by atoms with E-state index >= 15 is 0 Å². The van der Waals surface area contributed by atoms with Gasteiger partial charge in [-0.05, 0) is 48.4 Å². The molecule has 2 atom stereocenters. The van der Waals surface area contributed by atoms with Crippen molar-refractivity contribution in [3.63, 3.8) is 0 Å². The fourth-order valence-electron chi connectivity index (χ4n) is 5.30. The average molecular weight is 467 g/mol. The molecule has 1 fully saturated rings. The van der Waals surface area contributed by atoms with Crippen molar-refractivity contribution >= 4 is 17.6 Å². The van der Waals surface area contributed by atoms with E-state index in [-0.39, 0.29) is 48.4 Å². The van der Waals surface area contributed by atoms with E-state index in [4.69, 9.17) is 4.74 Å². The zero-order valence-corrected chi connectivity index (χ0v) is 19.7. The molecule has 2 amide bonds. The fourth-order valence-corrected chi connectivity index (χ4v) is 5.30. The SMILES string of the molecule is COCC(=O)N(C)[C@H](Cc1ccc(F)cc1)C1CCN(C(=O)[C@@H]2CC(=O)c3ccccc32)CC1. The number of Topliss-reactive ketones (excluding diaryl/α,β-unsaturated/α-hetero) is 1. The highest BCUT2D eigenvalue weighted by Gasteiger charge is 2.38. The molecule has 1 saturated heterocycles. The van der Waals surface area contributed by atoms with Gasteiger partial charge in [-0.3, -0.25) is 14.4 Å². The third kappa shape index (κ3) is 5.04. The molecule has 2 aromatic carbocycles. The third-order valence-electron chi connectivity index (χ3n) is 7.24. The first-order valence-corrected chi connectivity index (χ1v) is 11.8. The Labute approximate surface area is 199 Å². The quantitative estimate of drug-likeness (QED) is 0.627. The van der Waals surface area contributed by atoms with E-state index in [0.717, 1.165) is 24.0 Å². The molecular formula is C27H31FN2O4. The molecule has 34 heavy (non-hydrogen) atoms. The monoisotopic (exact) mass is 466 g/mol. The maximum absolute atomic E-state index is 13.4. The van der Waals surface area contributed by atoms with Crippen LogP contribution in [0.1, 0.15) is 46.7 Å². The summed E-state index contributed by atoms with van der Waals surface area (Å²) in [5, 5.41) is 0. The molecule has 0 bridgehead atoms. The molecule has 7 heteroatoms. The zero-order valence-electron chi connectivity index (χ0n) is 19.7. The molecular weight excluding hydrogens is 435 g/mol. The number of ether oxygens (including phenoxy) is 1. The third-order valence-corrected chi connectivity index (χ3v) is 7.24. The molecule has 0 unspecified atom stereocenters. The van der Waals surface area contributed by atoms with Gasteiger partial charge in [0.1, 0.15) is 12.4 Å². The highest BCUT2D eigenvalue weighted by Crippen LogP contribution is 2.36. The normalized spacial score (nSPS) is 19.1. The van der Waals surface area contributed by atoms with E-state index in [1.165, 1.54) is 19.2 Å². The van der Waals surface area contributed by atoms with Crippen molar-refractivity contribution in [3.8, 4) is 0 Å². The van der Waals surface area contributed by atoms with E-state index in [9.17, 15) is 18.8 Å². The van der Waals surface area contributed by atoms with Crippen LogP contribution in [0.15, 0.2) is 48.5 Å². The number of carbonyl (C=O) groups is 3. The molecule has 0 radical (unpaired) electrons. The summed E-state index contributed by atoms with van der Waals surface area (Å²) in [6.45, 7) is 1.17. The number of piperidine rings is 1. The minimum Gasteiger partial charge on any atom is -0.375 e. The summed E-state index contributed by atoms with van der Waals surface area (Å²) in [7, 11) is 3.28. The predicted molar refractivity (Wildman–Crippen MR) is 126 cm³/mol. The highest BCUT2D eigenvalue weighted by molar-refractivity contribution is 6.06. The molecule has 1 aliphatic heterocycles. The van der Waals surface area contributed by atoms with Gasteiger partial charge < -0.3 is 14.5 Å². The van der Waals surface area contributed by atoms with Gasteiger partial charge in [0.05, 0.1) is 5.92 Å². The summed E-state index contributed by atoms with van der Waals surface area (Å²) in [4.78, 5) is 41.9. The number of carbonyl (C=O) groups excluding carboxylic acids is 3. The van der Waals surface area contributed by atoms with Crippen molar-refractivity contribution in [1.29, 1.82) is 0 Å². The molecule has 1 aliphatic carbocycles. The standard InChI is InChI=1S/C27H31FN2O4/c1-29(26(32)17-34-2)24(15-18-7-9-20(28)10-8-18)19-11-13-30(14-12-19)27(33)23-16-25(31)22-6-4-3-5-21(22)23/h3-10,19,23-24H,11-17H2,1-2H3/t23-,24-/m1/s1. The summed E-state index contributed by atoms with van der Waals surface area (Å²) >= 11 is 0. The van der Waals surface area contributed by atoms with Crippen molar-refractivity contribution in [2.24, 2.45) is 5.92 Å². The molecule has 2 aromatic rings. The predicted octanol–water partition coefficient (Wildman–Crippen LogP) is 3.45. The van der Waals surface area contributed by atoms with Gasteiger partial charge in [-0.25, -0.2) is 4.39 Å². The van der Waals surface area contributed by atoms with Gasteiger partial charge in [-0.15, -0.1) is 0 Å². The van der Waals surface area contributed by atoms with Crippen LogP contribution in [0.5, 0.6) is 0 Å². The Morgan fingerprint density at radius 2 is 1.79 bits per heavy atom. The average Bonchev–Trinajstić information content (AvgIpc) is 3.19. The first kappa shape index (κ1) is 24.1. The number of methoxy groups -OCH3 is 1. The second kappa shape index (κ2) is 10.5. The van der Waals surface area contributed by atoms with E-state index in [0.29, 0.717) is 25.1 Å². The summed E-state index contributed by atoms with van der Waals surface area (Å²) < 4.78 is 18.4. The van der Waals surface area contributed by atoms with E-state index in [1.807, 2.05) is 23.1 Å². The molecule has 0 spiro atoms. The van der Waals surface area contributed by atoms with Crippen LogP contribution in [0.2, 0.25) is 0 Å². The maximum atomic E-state index is 13.4. The fraction of sp³-hybridized carbons (Fsp3) is 0.444. The number of rotatable bonds is 7. The van der Waals surface area contributed by atoms with Crippen molar-refractivity contribution in [3.05, 3.63) is 71.0 Å². The molecule has 6 nitrogen and oxygen atoms in total. The van der Waals surface area contributed by atoms with E-state index < -0.39 is 5.92 Å². The van der Waals surface area contributed by atoms with Crippen LogP contribution in [0.25, 0.3) is 0 Å². The summed E-state index contributed by atoms with van der Waals surface area (Å²) in [6, 6.07) is 13.7. The Bertz CT molecular complexity index is 1050. The van der Waals surface area contributed by atoms with Crippen LogP contribution >= 0.6 is 0 Å². The zero-order chi connectivity index (χ0) is 24.2. The number of ketones is 1. The molecule has 2 aliphatic rings. The highest BCUT2D eigenvalue weighted by atomic mass is 19.1. The second-order valence-corrected chi connectivity index (χ2v) is 9.27. The molecule has 0 aromatic heterocycles. The van der Waals surface area contributed by atoms with Gasteiger partial charge in [0, 0.05) is 45.3 Å². The first-order valence-electron chi connectivity index (χ1n) is 11.8. The van der Waals surface area contributed by atoms with Gasteiger partial charge in [-0.2, -0.15) is 0 Å². The van der Waals surface area contributed by atoms with Crippen molar-refractivity contribution in [1.82, 2.24) is 9.80 Å². The largest absolute Gasteiger partial charge is 0.375 e. The Balaban J connectivity index is 1.45. The van der Waals surface area contributed by atoms with Crippen LogP contribution in [-0.2, 0) is 20.7 Å². The first-order chi connectivity index (χ1) is 16.4. The van der Waals surface area contributed by atoms with Gasteiger partial charge in [0.25, 0.3) is 0 Å². The topological polar surface area (TPSA) is 66.9 Å². The van der Waals surface area contributed by atoms with Crippen molar-refractivity contribution in [2.75, 3.05) is 33.9 Å². The number of hydrogen-bond donors (Lipinski definition) is 0. The van der Waals surface area contributed by atoms with Crippen LogP contribution < -0.4 is 0 Å². The number of likely N-dealkylation sites (tertiary alicyclic amines) is 1. The summed E-state index contributed by atoms with van der Waals surface area (Å²) in [6.07, 6.45) is 2.35. The van der Waals surface area contributed by atoms with Crippen LogP contribution in [-0.4, -0.2) is 67.3 Å². The minimum atomic E-state index is -0.402. The minimum absolute atomic E-state index is 0.00284. The molecule has 4 rings (SSSR count). The molecule has 1 heterocycles. The van der Waals surface area contributed by atoms with Gasteiger partial charge in [0.15, 0.2) is 5.78 Å². The van der Waals surface area contributed by atoms with Gasteiger partial charge in [0.2, 0.25) is 11.8 Å². The lowest BCUT2D eigenvalue weighted by Crippen LogP contribution is -2.49. The Morgan fingerprint density at radius 3 is 2.47 bits per heavy atom. The molecule has 180 valence electrons. The number of likely N-dealkylation sites (N-methyl/N-ethyl adjacent to an activating group) is 1. The van der Waals surface area contributed by atoms with Crippen LogP contribution in [0, 0.1) is 11.7 Å². The maximum Gasteiger partial charge on any atom is 0.248 e. The number of nitrogens with zero attached hydrogens (tertiary/aromatic N) is 2. The smallest absolute Gasteiger partial charge is 0.248 e. The summed E-state index contributed by atoms with van der Waals surface area (Å²) in [5.74, 6) is -0.562. The number of benzene rings is 2. The lowest BCUT2D eigenvalue weighted by atomic mass is 9.84. The number of amides is 2. The van der Waals surface area contributed by atoms with Crippen molar-refractivity contribution < 1.29 is 23.5 Å². The number of fused-ring (bicyclic) bond motifs is 1. The Kier molecular flexibility index (Phi) is 7.41. The van der Waals surface area contributed by atoms with E-state index in [2.05, 4.69) is 0 Å². The molecule has 0 N–H and O–H groups in total. The number of hydrogen-bond acceptors (Lipinski definition) is 4. The second-order valence-electron chi connectivity index (χ2n) is 9.27. The number of halogens is 1. The Morgan fingerprint density at radius 1 is 1.12 bits per heavy atom. The summed E-state index contributed by atoms with van der Waals surface area (Å²) in [5.41, 5.74) is 2.45. The van der Waals surface area contributed by atoms with Gasteiger partial charge >= 0.3 is 0 Å². The van der Waals surface area contributed by atoms with Crippen molar-refractivity contribution in [2.45, 2.75) is 37.6 Å². The lowest BCUT2D eigenvalue weighted by molar-refractivity contribution is -0.139. The van der Waals surface area contributed by atoms with E-state index in [1.54, 1.807) is 30.1 Å². The van der Waals surface area contributed by atoms with Crippen LogP contribution in [0.3, 0.4) is 0 Å². The van der Waals surface area contributed by atoms with Crippen LogP contribution in [0.4, 0.5) is 4.39 Å². The Hall–Kier alpha value is -3.06. The van der Waals surface area contributed by atoms with Gasteiger partial charge in [-0.1, -0.05) is 36.4 Å². The lowest BCUT2D eigenvalue weighted by Gasteiger charge is -2.40. The molecule has 0 saturated carbocycles.